The summed E-state index contributed by atoms with van der Waals surface area (Å²) in [5.74, 6) is -0.680. The van der Waals surface area contributed by atoms with Crippen molar-refractivity contribution in [3.8, 4) is 0 Å². The van der Waals surface area contributed by atoms with Crippen molar-refractivity contribution in [2.24, 2.45) is 0 Å². The van der Waals surface area contributed by atoms with Crippen molar-refractivity contribution >= 4 is 52.7 Å². The minimum Gasteiger partial charge on any atom is -0.454 e. The molecule has 1 saturated carbocycles. The molecule has 1 aromatic carbocycles. The maximum Gasteiger partial charge on any atom is 0.329 e. The molecular formula is C23H28Cl2N2O4S. The van der Waals surface area contributed by atoms with Gasteiger partial charge in [-0.15, -0.1) is 0 Å². The van der Waals surface area contributed by atoms with Gasteiger partial charge in [0.15, 0.2) is 6.61 Å². The number of amides is 2. The minimum absolute atomic E-state index is 0.197. The van der Waals surface area contributed by atoms with Crippen LogP contribution in [0, 0.1) is 0 Å². The lowest BCUT2D eigenvalue weighted by atomic mass is 10.0. The van der Waals surface area contributed by atoms with E-state index in [1.54, 1.807) is 17.8 Å². The monoisotopic (exact) mass is 498 g/mol. The van der Waals surface area contributed by atoms with Gasteiger partial charge in [-0.1, -0.05) is 29.3 Å². The molecule has 1 aromatic rings. The highest BCUT2D eigenvalue weighted by atomic mass is 35.5. The van der Waals surface area contributed by atoms with Crippen LogP contribution in [0.2, 0.25) is 10.0 Å². The fourth-order valence-corrected chi connectivity index (χ4v) is 4.63. The first kappa shape index (κ1) is 24.9. The van der Waals surface area contributed by atoms with Gasteiger partial charge in [-0.2, -0.15) is 11.8 Å². The van der Waals surface area contributed by atoms with Crippen LogP contribution in [0.15, 0.2) is 30.0 Å². The lowest BCUT2D eigenvalue weighted by Gasteiger charge is -2.28. The highest BCUT2D eigenvalue weighted by Crippen LogP contribution is 2.33. The van der Waals surface area contributed by atoms with E-state index in [1.807, 2.05) is 11.2 Å². The van der Waals surface area contributed by atoms with Crippen molar-refractivity contribution in [3.63, 3.8) is 0 Å². The Morgan fingerprint density at radius 2 is 2.03 bits per heavy atom. The summed E-state index contributed by atoms with van der Waals surface area (Å²) in [6.07, 6.45) is 10.4. The number of carbonyl (C=O) groups excluding carboxylic acids is 3. The summed E-state index contributed by atoms with van der Waals surface area (Å²) in [7, 11) is 0. The third-order valence-electron chi connectivity index (χ3n) is 5.47. The number of carbonyl (C=O) groups is 3. The van der Waals surface area contributed by atoms with Crippen molar-refractivity contribution in [1.82, 2.24) is 10.2 Å². The molecule has 0 bridgehead atoms. The highest BCUT2D eigenvalue weighted by Gasteiger charge is 2.35. The number of nitrogens with zero attached hydrogens (tertiary/aromatic N) is 1. The fourth-order valence-electron chi connectivity index (χ4n) is 3.67. The third kappa shape index (κ3) is 6.90. The molecule has 2 aliphatic carbocycles. The zero-order valence-electron chi connectivity index (χ0n) is 18.1. The molecule has 1 atom stereocenters. The summed E-state index contributed by atoms with van der Waals surface area (Å²) in [6.45, 7) is -0.333. The Balaban J connectivity index is 1.61. The molecule has 0 aromatic heterocycles. The van der Waals surface area contributed by atoms with Crippen molar-refractivity contribution in [2.45, 2.75) is 57.0 Å². The number of halogens is 2. The summed E-state index contributed by atoms with van der Waals surface area (Å²) >= 11 is 13.6. The number of thioether (sulfide) groups is 1. The lowest BCUT2D eigenvalue weighted by molar-refractivity contribution is -0.153. The third-order valence-corrected chi connectivity index (χ3v) is 6.66. The van der Waals surface area contributed by atoms with Gasteiger partial charge in [-0.25, -0.2) is 4.79 Å². The Kier molecular flexibility index (Phi) is 9.32. The van der Waals surface area contributed by atoms with E-state index in [-0.39, 0.29) is 29.1 Å². The van der Waals surface area contributed by atoms with Gasteiger partial charge in [-0.05, 0) is 75.2 Å². The summed E-state index contributed by atoms with van der Waals surface area (Å²) in [4.78, 5) is 40.1. The number of allylic oxidation sites excluding steroid dienone is 2. The van der Waals surface area contributed by atoms with Crippen LogP contribution in [0.3, 0.4) is 0 Å². The van der Waals surface area contributed by atoms with Crippen LogP contribution in [-0.2, 0) is 14.3 Å². The summed E-state index contributed by atoms with van der Waals surface area (Å²) in [6, 6.07) is 3.87. The maximum atomic E-state index is 12.9. The lowest BCUT2D eigenvalue weighted by Crippen LogP contribution is -2.44. The highest BCUT2D eigenvalue weighted by molar-refractivity contribution is 7.98. The van der Waals surface area contributed by atoms with E-state index in [4.69, 9.17) is 27.9 Å². The van der Waals surface area contributed by atoms with Crippen molar-refractivity contribution < 1.29 is 19.1 Å². The Bertz CT molecular complexity index is 889. The number of hydrogen-bond donors (Lipinski definition) is 1. The summed E-state index contributed by atoms with van der Waals surface area (Å²) in [5.41, 5.74) is 1.27. The van der Waals surface area contributed by atoms with Gasteiger partial charge in [0, 0.05) is 16.8 Å². The first-order chi connectivity index (χ1) is 15.4. The van der Waals surface area contributed by atoms with Gasteiger partial charge in [-0.3, -0.25) is 9.59 Å². The van der Waals surface area contributed by atoms with Gasteiger partial charge in [0.2, 0.25) is 0 Å². The minimum atomic E-state index is -0.877. The predicted octanol–water partition coefficient (Wildman–Crippen LogP) is 4.84. The van der Waals surface area contributed by atoms with Gasteiger partial charge in [0.05, 0.1) is 10.6 Å². The second-order valence-corrected chi connectivity index (χ2v) is 9.80. The number of ether oxygens (including phenoxy) is 1. The molecule has 1 N–H and O–H groups in total. The van der Waals surface area contributed by atoms with Crippen LogP contribution in [-0.4, -0.2) is 53.4 Å². The average molecular weight is 499 g/mol. The number of esters is 1. The van der Waals surface area contributed by atoms with Crippen LogP contribution >= 0.6 is 35.0 Å². The zero-order chi connectivity index (χ0) is 23.1. The summed E-state index contributed by atoms with van der Waals surface area (Å²) in [5, 5.41) is 3.30. The molecule has 32 heavy (non-hydrogen) atoms. The van der Waals surface area contributed by atoms with Crippen LogP contribution in [0.4, 0.5) is 0 Å². The Labute approximate surface area is 203 Å². The molecule has 6 nitrogen and oxygen atoms in total. The van der Waals surface area contributed by atoms with Gasteiger partial charge in [0.25, 0.3) is 11.8 Å². The topological polar surface area (TPSA) is 75.7 Å². The average Bonchev–Trinajstić information content (AvgIpc) is 3.60. The zero-order valence-corrected chi connectivity index (χ0v) is 20.4. The van der Waals surface area contributed by atoms with Crippen molar-refractivity contribution in [2.75, 3.05) is 18.6 Å². The first-order valence-corrected chi connectivity index (χ1v) is 13.0. The fraction of sp³-hybridized carbons (Fsp3) is 0.522. The molecule has 0 saturated heterocycles. The molecule has 0 spiro atoms. The van der Waals surface area contributed by atoms with E-state index in [0.29, 0.717) is 17.2 Å². The molecule has 3 rings (SSSR count). The largest absolute Gasteiger partial charge is 0.454 e. The van der Waals surface area contributed by atoms with E-state index in [1.165, 1.54) is 12.1 Å². The number of hydrogen-bond acceptors (Lipinski definition) is 5. The van der Waals surface area contributed by atoms with Gasteiger partial charge < -0.3 is 15.0 Å². The molecule has 0 heterocycles. The molecule has 2 aliphatic rings. The second-order valence-electron chi connectivity index (χ2n) is 7.98. The SMILES string of the molecule is CSCCC(NC(=O)c1ccc(Cl)cc1Cl)C(=O)OCC(=O)N(C1=CCCCC1)C1CC1. The molecule has 2 amide bonds. The predicted molar refractivity (Wildman–Crippen MR) is 128 cm³/mol. The number of benzene rings is 1. The molecule has 1 fully saturated rings. The molecule has 174 valence electrons. The van der Waals surface area contributed by atoms with Crippen LogP contribution in [0.5, 0.6) is 0 Å². The Morgan fingerprint density at radius 1 is 1.25 bits per heavy atom. The van der Waals surface area contributed by atoms with E-state index in [0.717, 1.165) is 44.2 Å². The normalized spacial score (nSPS) is 16.7. The maximum absolute atomic E-state index is 12.9. The quantitative estimate of drug-likeness (QED) is 0.467. The van der Waals surface area contributed by atoms with Crippen molar-refractivity contribution in [3.05, 3.63) is 45.6 Å². The van der Waals surface area contributed by atoms with Crippen LogP contribution in [0.1, 0.15) is 55.3 Å². The van der Waals surface area contributed by atoms with Gasteiger partial charge in [0.1, 0.15) is 6.04 Å². The Morgan fingerprint density at radius 3 is 2.66 bits per heavy atom. The molecule has 0 radical (unpaired) electrons. The van der Waals surface area contributed by atoms with Crippen molar-refractivity contribution in [1.29, 1.82) is 0 Å². The van der Waals surface area contributed by atoms with E-state index < -0.39 is 17.9 Å². The van der Waals surface area contributed by atoms with E-state index in [9.17, 15) is 14.4 Å². The Hall–Kier alpha value is -1.70. The van der Waals surface area contributed by atoms with E-state index >= 15 is 0 Å². The molecule has 0 aliphatic heterocycles. The van der Waals surface area contributed by atoms with Gasteiger partial charge >= 0.3 is 5.97 Å². The van der Waals surface area contributed by atoms with Crippen LogP contribution < -0.4 is 5.32 Å². The van der Waals surface area contributed by atoms with Crippen LogP contribution in [0.25, 0.3) is 0 Å². The first-order valence-electron chi connectivity index (χ1n) is 10.8. The number of rotatable bonds is 10. The second kappa shape index (κ2) is 12.0. The molecular weight excluding hydrogens is 471 g/mol. The van der Waals surface area contributed by atoms with E-state index in [2.05, 4.69) is 11.4 Å². The summed E-state index contributed by atoms with van der Waals surface area (Å²) < 4.78 is 5.36. The molecule has 9 heteroatoms. The number of nitrogens with one attached hydrogen (secondary N) is 1. The standard InChI is InChI=1S/C23H28Cl2N2O4S/c1-32-12-11-20(26-22(29)18-10-7-15(24)13-19(18)25)23(30)31-14-21(28)27(17-8-9-17)16-5-3-2-4-6-16/h5,7,10,13,17,20H,2-4,6,8-9,11-12,14H2,1H3,(H,26,29). The molecule has 1 unspecified atom stereocenters. The smallest absolute Gasteiger partial charge is 0.329 e.